The second-order valence-electron chi connectivity index (χ2n) is 13.9. The van der Waals surface area contributed by atoms with Crippen molar-refractivity contribution in [2.75, 3.05) is 26.2 Å². The molecule has 0 atom stereocenters. The van der Waals surface area contributed by atoms with Gasteiger partial charge in [0.1, 0.15) is 6.10 Å². The SMILES string of the molecule is CC1(C)[C@H](NC(=O)c2ccc(C#CC3CCN(C4CCNCC4)CC3)cc2)C(C)(C)[C@H]1OC1=Nn2c(nnc2C(F)(F)F)CC1. The van der Waals surface area contributed by atoms with E-state index in [-0.39, 0.29) is 36.2 Å². The number of alkyl halides is 3. The molecule has 6 rings (SSSR count). The summed E-state index contributed by atoms with van der Waals surface area (Å²) in [4.78, 5) is 15.9. The number of carbonyl (C=O) groups is 1. The number of hydrogen-bond acceptors (Lipinski definition) is 7. The number of nitrogens with one attached hydrogen (secondary N) is 2. The normalized spacial score (nSPS) is 25.3. The Kier molecular flexibility index (Phi) is 8.46. The van der Waals surface area contributed by atoms with Crippen LogP contribution in [0, 0.1) is 28.6 Å². The molecule has 3 fully saturated rings. The van der Waals surface area contributed by atoms with E-state index in [1.807, 2.05) is 39.8 Å². The Bertz CT molecular complexity index is 1470. The molecule has 4 aliphatic rings. The van der Waals surface area contributed by atoms with Gasteiger partial charge in [0.25, 0.3) is 11.7 Å². The van der Waals surface area contributed by atoms with Crippen LogP contribution >= 0.6 is 0 Å². The minimum atomic E-state index is -4.67. The summed E-state index contributed by atoms with van der Waals surface area (Å²) in [7, 11) is 0. The summed E-state index contributed by atoms with van der Waals surface area (Å²) in [6, 6.07) is 7.86. The van der Waals surface area contributed by atoms with Gasteiger partial charge in [0, 0.05) is 52.8 Å². The Morgan fingerprint density at radius 1 is 1.00 bits per heavy atom. The molecular formula is C33H42F3N7O2. The predicted octanol–water partition coefficient (Wildman–Crippen LogP) is 4.47. The van der Waals surface area contributed by atoms with E-state index in [4.69, 9.17) is 4.74 Å². The first-order valence-electron chi connectivity index (χ1n) is 16.0. The number of ether oxygens (including phenoxy) is 1. The van der Waals surface area contributed by atoms with E-state index in [1.165, 1.54) is 12.8 Å². The quantitative estimate of drug-likeness (QED) is 0.487. The lowest BCUT2D eigenvalue weighted by atomic mass is 9.49. The highest BCUT2D eigenvalue weighted by Gasteiger charge is 2.64. The minimum Gasteiger partial charge on any atom is -0.475 e. The average molecular weight is 626 g/mol. The van der Waals surface area contributed by atoms with Crippen LogP contribution in [0.4, 0.5) is 13.2 Å². The molecule has 1 aliphatic carbocycles. The lowest BCUT2D eigenvalue weighted by molar-refractivity contribution is -0.172. The highest BCUT2D eigenvalue weighted by atomic mass is 19.4. The number of rotatable bonds is 4. The number of carbonyl (C=O) groups excluding carboxylic acids is 1. The van der Waals surface area contributed by atoms with Crippen molar-refractivity contribution in [2.24, 2.45) is 21.8 Å². The molecule has 0 spiro atoms. The van der Waals surface area contributed by atoms with Crippen molar-refractivity contribution in [3.05, 3.63) is 47.0 Å². The molecule has 4 heterocycles. The number of likely N-dealkylation sites (tertiary alicyclic amines) is 1. The molecule has 0 unspecified atom stereocenters. The van der Waals surface area contributed by atoms with Crippen molar-refractivity contribution in [3.63, 3.8) is 0 Å². The Labute approximate surface area is 262 Å². The monoisotopic (exact) mass is 625 g/mol. The van der Waals surface area contributed by atoms with Crippen molar-refractivity contribution in [2.45, 2.75) is 90.6 Å². The third-order valence-electron chi connectivity index (χ3n) is 10.0. The van der Waals surface area contributed by atoms with Crippen molar-refractivity contribution >= 4 is 11.8 Å². The zero-order valence-electron chi connectivity index (χ0n) is 26.4. The molecule has 3 aliphatic heterocycles. The smallest absolute Gasteiger partial charge is 0.453 e. The topological polar surface area (TPSA) is 96.7 Å². The summed E-state index contributed by atoms with van der Waals surface area (Å²) in [5.41, 5.74) is 0.430. The summed E-state index contributed by atoms with van der Waals surface area (Å²) in [6.45, 7) is 12.4. The van der Waals surface area contributed by atoms with Gasteiger partial charge < -0.3 is 20.3 Å². The number of benzene rings is 1. The molecule has 2 saturated heterocycles. The highest BCUT2D eigenvalue weighted by molar-refractivity contribution is 5.94. The fourth-order valence-corrected chi connectivity index (χ4v) is 7.83. The van der Waals surface area contributed by atoms with Crippen LogP contribution in [0.5, 0.6) is 0 Å². The van der Waals surface area contributed by atoms with E-state index >= 15 is 0 Å². The number of nitrogens with zero attached hydrogens (tertiary/aromatic N) is 5. The first-order valence-corrected chi connectivity index (χ1v) is 16.0. The van der Waals surface area contributed by atoms with Crippen molar-refractivity contribution in [3.8, 4) is 11.8 Å². The highest BCUT2D eigenvalue weighted by Crippen LogP contribution is 2.56. The standard InChI is InChI=1S/C33H42F3N7O2/c1-31(2)28(32(3,4)29(31)45-26-12-11-25-39-40-30(33(34,35)36)43(25)41-26)38-27(44)23-9-7-21(8-10-23)5-6-22-15-19-42(20-16-22)24-13-17-37-18-14-24/h7-10,22,24,28-29,37H,11-20H2,1-4H3,(H,38,44)/t28-,29-. The molecule has 9 nitrogen and oxygen atoms in total. The number of aryl methyl sites for hydroxylation is 1. The summed E-state index contributed by atoms with van der Waals surface area (Å²) < 4.78 is 47.0. The Hall–Kier alpha value is -3.43. The molecule has 12 heteroatoms. The lowest BCUT2D eigenvalue weighted by Crippen LogP contribution is -2.74. The molecule has 0 radical (unpaired) electrons. The second kappa shape index (κ2) is 12.1. The maximum atomic E-state index is 13.4. The largest absolute Gasteiger partial charge is 0.475 e. The van der Waals surface area contributed by atoms with Gasteiger partial charge in [-0.1, -0.05) is 39.5 Å². The van der Waals surface area contributed by atoms with E-state index in [0.717, 1.165) is 49.3 Å². The van der Waals surface area contributed by atoms with Crippen LogP contribution in [0.2, 0.25) is 0 Å². The second-order valence-corrected chi connectivity index (χ2v) is 13.9. The molecule has 45 heavy (non-hydrogen) atoms. The van der Waals surface area contributed by atoms with Gasteiger partial charge in [0.05, 0.1) is 0 Å². The predicted molar refractivity (Wildman–Crippen MR) is 163 cm³/mol. The Balaban J connectivity index is 1.04. The zero-order chi connectivity index (χ0) is 32.0. The zero-order valence-corrected chi connectivity index (χ0v) is 26.4. The molecular weight excluding hydrogens is 583 g/mol. The molecule has 1 aromatic carbocycles. The molecule has 1 amide bonds. The van der Waals surface area contributed by atoms with Crippen LogP contribution in [-0.2, 0) is 17.3 Å². The van der Waals surface area contributed by atoms with Crippen molar-refractivity contribution < 1.29 is 22.7 Å². The number of piperidine rings is 2. The fraction of sp³-hybridized carbons (Fsp3) is 0.636. The van der Waals surface area contributed by atoms with Crippen molar-refractivity contribution in [1.29, 1.82) is 0 Å². The van der Waals surface area contributed by atoms with Crippen LogP contribution in [0.25, 0.3) is 0 Å². The van der Waals surface area contributed by atoms with Crippen LogP contribution < -0.4 is 10.6 Å². The number of amides is 1. The molecule has 1 saturated carbocycles. The van der Waals surface area contributed by atoms with E-state index in [1.54, 1.807) is 12.1 Å². The average Bonchev–Trinajstić information content (AvgIpc) is 3.46. The van der Waals surface area contributed by atoms with Gasteiger partial charge in [0.15, 0.2) is 5.82 Å². The van der Waals surface area contributed by atoms with Crippen LogP contribution in [0.15, 0.2) is 29.4 Å². The third-order valence-corrected chi connectivity index (χ3v) is 10.0. The molecule has 0 bridgehead atoms. The number of halogens is 3. The van der Waals surface area contributed by atoms with Gasteiger partial charge in [-0.05, 0) is 76.1 Å². The fourth-order valence-electron chi connectivity index (χ4n) is 7.83. The van der Waals surface area contributed by atoms with Crippen LogP contribution in [0.1, 0.15) is 87.4 Å². The minimum absolute atomic E-state index is 0.150. The number of aromatic nitrogens is 3. The van der Waals surface area contributed by atoms with E-state index in [0.29, 0.717) is 23.9 Å². The van der Waals surface area contributed by atoms with Crippen molar-refractivity contribution in [1.82, 2.24) is 30.4 Å². The van der Waals surface area contributed by atoms with E-state index in [9.17, 15) is 18.0 Å². The van der Waals surface area contributed by atoms with Crippen LogP contribution in [-0.4, -0.2) is 75.9 Å². The summed E-state index contributed by atoms with van der Waals surface area (Å²) in [5, 5.41) is 17.6. The third kappa shape index (κ3) is 6.34. The number of fused-ring (bicyclic) bond motifs is 1. The molecule has 1 aromatic heterocycles. The maximum Gasteiger partial charge on any atom is 0.453 e. The lowest BCUT2D eigenvalue weighted by Gasteiger charge is -2.63. The first kappa shape index (κ1) is 31.5. The summed E-state index contributed by atoms with van der Waals surface area (Å²) >= 11 is 0. The molecule has 2 N–H and O–H groups in total. The first-order chi connectivity index (χ1) is 21.3. The van der Waals surface area contributed by atoms with Gasteiger partial charge in [-0.15, -0.1) is 15.3 Å². The molecule has 242 valence electrons. The number of hydrogen-bond donors (Lipinski definition) is 2. The molecule has 2 aromatic rings. The van der Waals surface area contributed by atoms with Crippen LogP contribution in [0.3, 0.4) is 0 Å². The maximum absolute atomic E-state index is 13.4. The van der Waals surface area contributed by atoms with Gasteiger partial charge in [-0.2, -0.15) is 17.8 Å². The summed E-state index contributed by atoms with van der Waals surface area (Å²) in [6.07, 6.45) is 0.170. The van der Waals surface area contributed by atoms with Gasteiger partial charge in [-0.3, -0.25) is 4.79 Å². The van der Waals surface area contributed by atoms with Gasteiger partial charge >= 0.3 is 6.18 Å². The van der Waals surface area contributed by atoms with E-state index in [2.05, 4.69) is 42.7 Å². The van der Waals surface area contributed by atoms with Gasteiger partial charge in [0.2, 0.25) is 5.90 Å². The summed E-state index contributed by atoms with van der Waals surface area (Å²) in [5.74, 6) is 6.16. The van der Waals surface area contributed by atoms with E-state index < -0.39 is 22.8 Å². The van der Waals surface area contributed by atoms with Gasteiger partial charge in [-0.25, -0.2) is 0 Å². The Morgan fingerprint density at radius 3 is 2.31 bits per heavy atom. The Morgan fingerprint density at radius 2 is 1.67 bits per heavy atom.